The second-order valence-electron chi connectivity index (χ2n) is 6.55. The minimum absolute atomic E-state index is 0. The molecule has 0 aromatic heterocycles. The summed E-state index contributed by atoms with van der Waals surface area (Å²) < 4.78 is 0. The van der Waals surface area contributed by atoms with Gasteiger partial charge in [0.05, 0.1) is 0 Å². The summed E-state index contributed by atoms with van der Waals surface area (Å²) in [6, 6.07) is 41.6. The topological polar surface area (TPSA) is 26.0 Å². The molecule has 1 nitrogen and oxygen atoms in total. The van der Waals surface area contributed by atoms with Crippen molar-refractivity contribution in [2.75, 3.05) is 0 Å². The van der Waals surface area contributed by atoms with E-state index in [2.05, 4.69) is 115 Å². The third-order valence-corrected chi connectivity index (χ3v) is 9.28. The zero-order valence-electron chi connectivity index (χ0n) is 15.6. The highest BCUT2D eigenvalue weighted by molar-refractivity contribution is 8.01. The molecule has 0 saturated carbocycles. The van der Waals surface area contributed by atoms with Crippen LogP contribution < -0.4 is 50.9 Å². The van der Waals surface area contributed by atoms with Gasteiger partial charge < -0.3 is 29.7 Å². The minimum Gasteiger partial charge on any atom is -1.00 e. The van der Waals surface area contributed by atoms with Crippen LogP contribution in [0.1, 0.15) is 5.56 Å². The molecule has 0 saturated heterocycles. The van der Waals surface area contributed by atoms with E-state index in [0.717, 1.165) is 5.56 Å². The van der Waals surface area contributed by atoms with Crippen molar-refractivity contribution in [3.05, 3.63) is 121 Å². The fourth-order valence-corrected chi connectivity index (χ4v) is 7.95. The zero-order valence-corrected chi connectivity index (χ0v) is 18.6. The third kappa shape index (κ3) is 3.77. The van der Waals surface area contributed by atoms with Gasteiger partial charge in [0.2, 0.25) is 0 Å². The molecule has 0 heterocycles. The van der Waals surface area contributed by atoms with Crippen molar-refractivity contribution in [2.24, 2.45) is 5.73 Å². The number of halogens is 1. The average molecular weight is 495 g/mol. The quantitative estimate of drug-likeness (QED) is 0.322. The fourth-order valence-electron chi connectivity index (χ4n) is 3.70. The van der Waals surface area contributed by atoms with Gasteiger partial charge >= 0.3 is 0 Å². The van der Waals surface area contributed by atoms with Crippen LogP contribution >= 0.6 is 7.26 Å². The SMILES string of the molecule is NCc1ccc([P+](c2ccccc2)(c2ccccc2)c2ccccc2)cc1.[I-]. The first kappa shape index (κ1) is 20.7. The van der Waals surface area contributed by atoms with Gasteiger partial charge in [-0.15, -0.1) is 0 Å². The van der Waals surface area contributed by atoms with Crippen LogP contribution in [-0.2, 0) is 6.54 Å². The lowest BCUT2D eigenvalue weighted by molar-refractivity contribution is -0.00000524. The van der Waals surface area contributed by atoms with Gasteiger partial charge in [-0.1, -0.05) is 66.7 Å². The highest BCUT2D eigenvalue weighted by Crippen LogP contribution is 2.54. The largest absolute Gasteiger partial charge is 1.00 e. The molecule has 0 spiro atoms. The van der Waals surface area contributed by atoms with Gasteiger partial charge in [-0.25, -0.2) is 0 Å². The maximum Gasteiger partial charge on any atom is 0.144 e. The zero-order chi connectivity index (χ0) is 18.5. The molecule has 0 amide bonds. The summed E-state index contributed by atoms with van der Waals surface area (Å²) in [5.74, 6) is 0. The minimum atomic E-state index is -1.98. The Balaban J connectivity index is 0.00000225. The van der Waals surface area contributed by atoms with Crippen LogP contribution in [0.3, 0.4) is 0 Å². The van der Waals surface area contributed by atoms with Crippen molar-refractivity contribution >= 4 is 28.5 Å². The summed E-state index contributed by atoms with van der Waals surface area (Å²) in [6.07, 6.45) is 0. The van der Waals surface area contributed by atoms with Crippen molar-refractivity contribution in [2.45, 2.75) is 6.54 Å². The predicted molar refractivity (Wildman–Crippen MR) is 119 cm³/mol. The van der Waals surface area contributed by atoms with E-state index >= 15 is 0 Å². The maximum atomic E-state index is 5.85. The van der Waals surface area contributed by atoms with Gasteiger partial charge in [-0.3, -0.25) is 0 Å². The van der Waals surface area contributed by atoms with E-state index in [9.17, 15) is 0 Å². The van der Waals surface area contributed by atoms with E-state index in [-0.39, 0.29) is 24.0 Å². The summed E-state index contributed by atoms with van der Waals surface area (Å²) in [4.78, 5) is 0. The first-order valence-electron chi connectivity index (χ1n) is 9.21. The number of hydrogen-bond acceptors (Lipinski definition) is 1. The van der Waals surface area contributed by atoms with Crippen LogP contribution in [0.25, 0.3) is 0 Å². The van der Waals surface area contributed by atoms with Crippen molar-refractivity contribution in [1.82, 2.24) is 0 Å². The summed E-state index contributed by atoms with van der Waals surface area (Å²) in [7, 11) is -1.98. The standard InChI is InChI=1S/C25H23NP.HI/c26-20-21-16-18-25(19-17-21)27(22-10-4-1-5-11-22,23-12-6-2-7-13-23)24-14-8-3-9-15-24;/h1-19H,20,26H2;1H/q+1;/p-1. The molecule has 4 aromatic carbocycles. The van der Waals surface area contributed by atoms with E-state index in [4.69, 9.17) is 5.73 Å². The lowest BCUT2D eigenvalue weighted by Gasteiger charge is -2.27. The third-order valence-electron chi connectivity index (χ3n) is 4.99. The van der Waals surface area contributed by atoms with Crippen molar-refractivity contribution < 1.29 is 24.0 Å². The van der Waals surface area contributed by atoms with Crippen molar-refractivity contribution in [1.29, 1.82) is 0 Å². The van der Waals surface area contributed by atoms with Gasteiger partial charge in [0.1, 0.15) is 28.5 Å². The molecule has 2 N–H and O–H groups in total. The summed E-state index contributed by atoms with van der Waals surface area (Å²) in [5, 5.41) is 5.44. The molecule has 28 heavy (non-hydrogen) atoms. The Morgan fingerprint density at radius 3 is 1.11 bits per heavy atom. The number of hydrogen-bond donors (Lipinski definition) is 1. The molecule has 0 radical (unpaired) electrons. The lowest BCUT2D eigenvalue weighted by Crippen LogP contribution is -3.00. The smallest absolute Gasteiger partial charge is 0.144 e. The molecule has 0 aliphatic carbocycles. The van der Waals surface area contributed by atoms with Gasteiger partial charge in [0.25, 0.3) is 0 Å². The number of rotatable bonds is 5. The molecule has 140 valence electrons. The fraction of sp³-hybridized carbons (Fsp3) is 0.0400. The van der Waals surface area contributed by atoms with Gasteiger partial charge in [-0.05, 0) is 54.1 Å². The molecular weight excluding hydrogens is 472 g/mol. The molecule has 0 atom stereocenters. The van der Waals surface area contributed by atoms with Gasteiger partial charge in [-0.2, -0.15) is 0 Å². The first-order valence-corrected chi connectivity index (χ1v) is 11.0. The summed E-state index contributed by atoms with van der Waals surface area (Å²) in [5.41, 5.74) is 7.01. The van der Waals surface area contributed by atoms with E-state index in [1.807, 2.05) is 0 Å². The Morgan fingerprint density at radius 2 is 0.786 bits per heavy atom. The molecule has 0 bridgehead atoms. The lowest BCUT2D eigenvalue weighted by atomic mass is 10.2. The molecule has 0 unspecified atom stereocenters. The Kier molecular flexibility index (Phi) is 7.01. The number of nitrogens with two attached hydrogens (primary N) is 1. The second-order valence-corrected chi connectivity index (χ2v) is 9.96. The van der Waals surface area contributed by atoms with E-state index in [0.29, 0.717) is 6.54 Å². The van der Waals surface area contributed by atoms with Crippen LogP contribution in [0.15, 0.2) is 115 Å². The average Bonchev–Trinajstić information content (AvgIpc) is 2.77. The highest BCUT2D eigenvalue weighted by Gasteiger charge is 2.47. The van der Waals surface area contributed by atoms with Crippen LogP contribution in [-0.4, -0.2) is 0 Å². The van der Waals surface area contributed by atoms with Gasteiger partial charge in [0, 0.05) is 6.54 Å². The first-order chi connectivity index (χ1) is 13.4. The Morgan fingerprint density at radius 1 is 0.464 bits per heavy atom. The number of benzene rings is 4. The normalized spacial score (nSPS) is 10.9. The summed E-state index contributed by atoms with van der Waals surface area (Å²) in [6.45, 7) is 0.563. The molecule has 0 aliphatic heterocycles. The van der Waals surface area contributed by atoms with E-state index < -0.39 is 7.26 Å². The Hall–Kier alpha value is -2.00. The van der Waals surface area contributed by atoms with Crippen LogP contribution in [0, 0.1) is 0 Å². The molecule has 0 fully saturated rings. The molecular formula is C25H23INP. The molecule has 4 rings (SSSR count). The Bertz CT molecular complexity index is 890. The van der Waals surface area contributed by atoms with Crippen molar-refractivity contribution in [3.8, 4) is 0 Å². The molecule has 4 aromatic rings. The highest BCUT2D eigenvalue weighted by atomic mass is 127. The predicted octanol–water partition coefficient (Wildman–Crippen LogP) is 0.769. The van der Waals surface area contributed by atoms with E-state index in [1.165, 1.54) is 21.2 Å². The van der Waals surface area contributed by atoms with Gasteiger partial charge in [0.15, 0.2) is 0 Å². The maximum absolute atomic E-state index is 5.85. The van der Waals surface area contributed by atoms with E-state index in [1.54, 1.807) is 0 Å². The van der Waals surface area contributed by atoms with Crippen LogP contribution in [0.4, 0.5) is 0 Å². The Labute approximate surface area is 185 Å². The van der Waals surface area contributed by atoms with Crippen molar-refractivity contribution in [3.63, 3.8) is 0 Å². The summed E-state index contributed by atoms with van der Waals surface area (Å²) >= 11 is 0. The monoisotopic (exact) mass is 495 g/mol. The molecule has 0 aliphatic rings. The van der Waals surface area contributed by atoms with Crippen LogP contribution in [0.2, 0.25) is 0 Å². The van der Waals surface area contributed by atoms with Crippen LogP contribution in [0.5, 0.6) is 0 Å². The second kappa shape index (κ2) is 9.47. The molecule has 3 heteroatoms.